The summed E-state index contributed by atoms with van der Waals surface area (Å²) < 4.78 is 8.98. The van der Waals surface area contributed by atoms with Crippen molar-refractivity contribution in [1.29, 1.82) is 0 Å². The van der Waals surface area contributed by atoms with Crippen molar-refractivity contribution in [2.24, 2.45) is 0 Å². The minimum Gasteiger partial charge on any atom is -0.456 e. The molecule has 0 saturated heterocycles. The SMILES string of the molecule is c1ccc(-c2nc(-c3ccc4ccccc4c3)nc(-c3cc4oc5ccccc5c4cc3-n3c4cc5ccccc5cc4c4c5ccccc5ccc43)n2)cc1. The van der Waals surface area contributed by atoms with Gasteiger partial charge in [0.25, 0.3) is 0 Å². The molecule has 0 atom stereocenters. The molecule has 12 aromatic rings. The van der Waals surface area contributed by atoms with E-state index in [1.807, 2.05) is 30.3 Å². The van der Waals surface area contributed by atoms with E-state index in [1.54, 1.807) is 0 Å². The molecule has 3 heterocycles. The van der Waals surface area contributed by atoms with Crippen molar-refractivity contribution in [3.05, 3.63) is 182 Å². The van der Waals surface area contributed by atoms with Gasteiger partial charge in [0, 0.05) is 38.2 Å². The van der Waals surface area contributed by atoms with Crippen LogP contribution in [0.25, 0.3) is 116 Å². The Balaban J connectivity index is 1.23. The molecule has 12 rings (SSSR count). The Kier molecular flexibility index (Phi) is 6.56. The van der Waals surface area contributed by atoms with Crippen molar-refractivity contribution < 1.29 is 4.42 Å². The second-order valence-corrected chi connectivity index (χ2v) is 14.4. The number of hydrogen-bond donors (Lipinski definition) is 0. The third kappa shape index (κ3) is 4.71. The Labute approximate surface area is 320 Å². The van der Waals surface area contributed by atoms with E-state index >= 15 is 0 Å². The first-order chi connectivity index (χ1) is 27.7. The monoisotopic (exact) mass is 714 g/mol. The van der Waals surface area contributed by atoms with Gasteiger partial charge < -0.3 is 8.98 Å². The van der Waals surface area contributed by atoms with E-state index in [0.29, 0.717) is 17.5 Å². The van der Waals surface area contributed by atoms with Crippen molar-refractivity contribution in [3.63, 3.8) is 0 Å². The predicted molar refractivity (Wildman–Crippen MR) is 230 cm³/mol. The van der Waals surface area contributed by atoms with Crippen LogP contribution in [0.15, 0.2) is 186 Å². The summed E-state index contributed by atoms with van der Waals surface area (Å²) in [5.74, 6) is 1.78. The van der Waals surface area contributed by atoms with Gasteiger partial charge in [-0.3, -0.25) is 0 Å². The van der Waals surface area contributed by atoms with Gasteiger partial charge in [0.15, 0.2) is 17.5 Å². The van der Waals surface area contributed by atoms with Crippen LogP contribution >= 0.6 is 0 Å². The lowest BCUT2D eigenvalue weighted by Gasteiger charge is -2.15. The van der Waals surface area contributed by atoms with Crippen LogP contribution in [0.4, 0.5) is 0 Å². The van der Waals surface area contributed by atoms with Crippen LogP contribution in [0.5, 0.6) is 0 Å². The molecule has 56 heavy (non-hydrogen) atoms. The number of aromatic nitrogens is 4. The summed E-state index contributed by atoms with van der Waals surface area (Å²) in [6.07, 6.45) is 0. The standard InChI is InChI=1S/C51H30N4O/c1-2-14-33(15-3-1)49-52-50(37-23-22-31-12-4-5-16-34(31)26-37)54-51(53-49)42-30-47-40(39-20-10-11-21-46(39)56-47)29-45(42)55-43-25-24-32-13-8-9-19-38(32)48(43)41-27-35-17-6-7-18-36(35)28-44(41)55/h1-30H. The summed E-state index contributed by atoms with van der Waals surface area (Å²) in [7, 11) is 0. The molecule has 0 aliphatic carbocycles. The molecule has 0 amide bonds. The van der Waals surface area contributed by atoms with Crippen LogP contribution in [0.2, 0.25) is 0 Å². The molecule has 9 aromatic carbocycles. The van der Waals surface area contributed by atoms with Crippen molar-refractivity contribution in [2.45, 2.75) is 0 Å². The number of hydrogen-bond acceptors (Lipinski definition) is 4. The number of nitrogens with zero attached hydrogens (tertiary/aromatic N) is 4. The first-order valence-electron chi connectivity index (χ1n) is 18.8. The van der Waals surface area contributed by atoms with Gasteiger partial charge in [-0.05, 0) is 74.8 Å². The Bertz CT molecular complexity index is 3540. The van der Waals surface area contributed by atoms with E-state index in [1.165, 1.54) is 32.3 Å². The molecule has 0 radical (unpaired) electrons. The van der Waals surface area contributed by atoms with Crippen LogP contribution in [0.1, 0.15) is 0 Å². The smallest absolute Gasteiger partial charge is 0.166 e. The van der Waals surface area contributed by atoms with Crippen molar-refractivity contribution in [3.8, 4) is 39.9 Å². The highest BCUT2D eigenvalue weighted by Crippen LogP contribution is 2.43. The normalized spacial score (nSPS) is 11.9. The number of para-hydroxylation sites is 1. The molecule has 0 N–H and O–H groups in total. The molecule has 0 saturated carbocycles. The van der Waals surface area contributed by atoms with E-state index in [0.717, 1.165) is 66.1 Å². The predicted octanol–water partition coefficient (Wildman–Crippen LogP) is 13.3. The highest BCUT2D eigenvalue weighted by Gasteiger charge is 2.23. The molecule has 3 aromatic heterocycles. The van der Waals surface area contributed by atoms with Gasteiger partial charge in [0.1, 0.15) is 11.2 Å². The van der Waals surface area contributed by atoms with Gasteiger partial charge in [-0.25, -0.2) is 15.0 Å². The Morgan fingerprint density at radius 3 is 1.80 bits per heavy atom. The van der Waals surface area contributed by atoms with Crippen LogP contribution in [0.3, 0.4) is 0 Å². The molecule has 0 unspecified atom stereocenters. The fourth-order valence-corrected chi connectivity index (χ4v) is 8.53. The third-order valence-electron chi connectivity index (χ3n) is 11.2. The summed E-state index contributed by atoms with van der Waals surface area (Å²) >= 11 is 0. The molecule has 0 aliphatic rings. The lowest BCUT2D eigenvalue weighted by Crippen LogP contribution is -2.04. The highest BCUT2D eigenvalue weighted by molar-refractivity contribution is 6.23. The molecular weight excluding hydrogens is 685 g/mol. The van der Waals surface area contributed by atoms with Crippen molar-refractivity contribution >= 4 is 76.1 Å². The zero-order valence-corrected chi connectivity index (χ0v) is 30.0. The van der Waals surface area contributed by atoms with E-state index in [2.05, 4.69) is 156 Å². The Hall–Kier alpha value is -7.63. The quantitative estimate of drug-likeness (QED) is 0.182. The van der Waals surface area contributed by atoms with Gasteiger partial charge in [-0.1, -0.05) is 140 Å². The van der Waals surface area contributed by atoms with Crippen LogP contribution in [0, 0.1) is 0 Å². The average molecular weight is 715 g/mol. The van der Waals surface area contributed by atoms with Gasteiger partial charge >= 0.3 is 0 Å². The van der Waals surface area contributed by atoms with E-state index in [-0.39, 0.29) is 0 Å². The zero-order chi connectivity index (χ0) is 36.7. The van der Waals surface area contributed by atoms with E-state index < -0.39 is 0 Å². The highest BCUT2D eigenvalue weighted by atomic mass is 16.3. The van der Waals surface area contributed by atoms with E-state index in [9.17, 15) is 0 Å². The minimum atomic E-state index is 0.566. The topological polar surface area (TPSA) is 56.7 Å². The lowest BCUT2D eigenvalue weighted by molar-refractivity contribution is 0.669. The minimum absolute atomic E-state index is 0.566. The average Bonchev–Trinajstić information content (AvgIpc) is 3.79. The second-order valence-electron chi connectivity index (χ2n) is 14.4. The Morgan fingerprint density at radius 1 is 0.357 bits per heavy atom. The maximum absolute atomic E-state index is 6.57. The van der Waals surface area contributed by atoms with Gasteiger partial charge in [0.05, 0.1) is 16.7 Å². The fourth-order valence-electron chi connectivity index (χ4n) is 8.53. The first-order valence-corrected chi connectivity index (χ1v) is 18.8. The van der Waals surface area contributed by atoms with Gasteiger partial charge in [-0.15, -0.1) is 0 Å². The molecular formula is C51H30N4O. The summed E-state index contributed by atoms with van der Waals surface area (Å²) in [4.78, 5) is 15.7. The molecule has 260 valence electrons. The van der Waals surface area contributed by atoms with Crippen LogP contribution in [-0.2, 0) is 0 Å². The molecule has 0 fully saturated rings. The lowest BCUT2D eigenvalue weighted by atomic mass is 10.0. The maximum atomic E-state index is 6.57. The van der Waals surface area contributed by atoms with Crippen LogP contribution in [-0.4, -0.2) is 19.5 Å². The fraction of sp³-hybridized carbons (Fsp3) is 0. The van der Waals surface area contributed by atoms with E-state index in [4.69, 9.17) is 19.4 Å². The maximum Gasteiger partial charge on any atom is 0.166 e. The summed E-state index contributed by atoms with van der Waals surface area (Å²) in [5.41, 5.74) is 7.47. The third-order valence-corrected chi connectivity index (χ3v) is 11.2. The van der Waals surface area contributed by atoms with Crippen molar-refractivity contribution in [2.75, 3.05) is 0 Å². The summed E-state index contributed by atoms with van der Waals surface area (Å²) in [6.45, 7) is 0. The largest absolute Gasteiger partial charge is 0.456 e. The van der Waals surface area contributed by atoms with Crippen LogP contribution < -0.4 is 0 Å². The number of benzene rings is 9. The summed E-state index contributed by atoms with van der Waals surface area (Å²) in [6, 6.07) is 64.0. The van der Waals surface area contributed by atoms with Crippen molar-refractivity contribution in [1.82, 2.24) is 19.5 Å². The second kappa shape index (κ2) is 11.9. The number of rotatable bonds is 4. The summed E-state index contributed by atoms with van der Waals surface area (Å²) in [5, 5.41) is 11.6. The number of furan rings is 1. The van der Waals surface area contributed by atoms with Gasteiger partial charge in [-0.2, -0.15) is 0 Å². The molecule has 5 heteroatoms. The zero-order valence-electron chi connectivity index (χ0n) is 30.0. The number of fused-ring (bicyclic) bond motifs is 10. The molecule has 0 aliphatic heterocycles. The van der Waals surface area contributed by atoms with Gasteiger partial charge in [0.2, 0.25) is 0 Å². The first kappa shape index (κ1) is 30.8. The Morgan fingerprint density at radius 2 is 0.982 bits per heavy atom. The molecule has 0 bridgehead atoms. The molecule has 5 nitrogen and oxygen atoms in total. The molecule has 0 spiro atoms.